The first-order valence-electron chi connectivity index (χ1n) is 6.38. The minimum Gasteiger partial charge on any atom is -0.296 e. The Morgan fingerprint density at radius 1 is 1.47 bits per heavy atom. The predicted molar refractivity (Wildman–Crippen MR) is 72.4 cm³/mol. The quantitative estimate of drug-likeness (QED) is 0.801. The summed E-state index contributed by atoms with van der Waals surface area (Å²) in [6, 6.07) is 1.39. The van der Waals surface area contributed by atoms with Gasteiger partial charge in [0, 0.05) is 31.8 Å². The minimum atomic E-state index is -0.0641. The van der Waals surface area contributed by atoms with Crippen molar-refractivity contribution in [3.05, 3.63) is 45.4 Å². The molecule has 1 aliphatic carbocycles. The van der Waals surface area contributed by atoms with Crippen LogP contribution in [0.25, 0.3) is 0 Å². The van der Waals surface area contributed by atoms with Gasteiger partial charge in [-0.25, -0.2) is 4.98 Å². The zero-order valence-electron chi connectivity index (χ0n) is 10.7. The third-order valence-corrected chi connectivity index (χ3v) is 3.53. The second kappa shape index (κ2) is 4.81. The average Bonchev–Trinajstić information content (AvgIpc) is 3.11. The highest BCUT2D eigenvalue weighted by atomic mass is 35.5. The van der Waals surface area contributed by atoms with E-state index in [9.17, 15) is 4.79 Å². The number of hydrogen-bond acceptors (Lipinski definition) is 3. The van der Waals surface area contributed by atoms with Crippen LogP contribution in [-0.4, -0.2) is 19.3 Å². The summed E-state index contributed by atoms with van der Waals surface area (Å²) in [4.78, 5) is 16.4. The number of rotatable bonds is 4. The number of aryl methyl sites for hydroxylation is 2. The SMILES string of the molecule is Cn1cc(CCn2c(C3CC3)nc(Cl)cc2=O)cn1. The maximum absolute atomic E-state index is 12.0. The molecule has 0 aromatic carbocycles. The monoisotopic (exact) mass is 278 g/mol. The molecule has 2 aromatic heterocycles. The van der Waals surface area contributed by atoms with Crippen LogP contribution in [0.15, 0.2) is 23.3 Å². The first kappa shape index (κ1) is 12.4. The average molecular weight is 279 g/mol. The summed E-state index contributed by atoms with van der Waals surface area (Å²) in [6.07, 6.45) is 6.76. The van der Waals surface area contributed by atoms with Gasteiger partial charge in [0.15, 0.2) is 0 Å². The highest BCUT2D eigenvalue weighted by Gasteiger charge is 2.28. The summed E-state index contributed by atoms with van der Waals surface area (Å²) in [5, 5.41) is 4.42. The molecule has 0 saturated heterocycles. The maximum atomic E-state index is 12.0. The van der Waals surface area contributed by atoms with E-state index < -0.39 is 0 Å². The van der Waals surface area contributed by atoms with Crippen LogP contribution in [0.5, 0.6) is 0 Å². The van der Waals surface area contributed by atoms with Gasteiger partial charge in [0.1, 0.15) is 11.0 Å². The van der Waals surface area contributed by atoms with Crippen LogP contribution in [0, 0.1) is 0 Å². The number of aromatic nitrogens is 4. The Kier molecular flexibility index (Phi) is 3.14. The van der Waals surface area contributed by atoms with Gasteiger partial charge in [0.05, 0.1) is 6.20 Å². The van der Waals surface area contributed by atoms with E-state index in [4.69, 9.17) is 11.6 Å². The Morgan fingerprint density at radius 2 is 2.26 bits per heavy atom. The number of halogens is 1. The first-order chi connectivity index (χ1) is 9.13. The molecule has 2 heterocycles. The Bertz CT molecular complexity index is 657. The summed E-state index contributed by atoms with van der Waals surface area (Å²) in [7, 11) is 1.88. The normalized spacial score (nSPS) is 14.8. The summed E-state index contributed by atoms with van der Waals surface area (Å²) >= 11 is 5.88. The molecule has 6 heteroatoms. The molecule has 1 aliphatic rings. The third-order valence-electron chi connectivity index (χ3n) is 3.33. The van der Waals surface area contributed by atoms with Crippen LogP contribution >= 0.6 is 11.6 Å². The van der Waals surface area contributed by atoms with Crippen molar-refractivity contribution in [3.8, 4) is 0 Å². The van der Waals surface area contributed by atoms with Gasteiger partial charge in [-0.15, -0.1) is 0 Å². The van der Waals surface area contributed by atoms with Crippen LogP contribution in [-0.2, 0) is 20.0 Å². The molecule has 0 unspecified atom stereocenters. The lowest BCUT2D eigenvalue weighted by Crippen LogP contribution is -2.25. The van der Waals surface area contributed by atoms with Crippen molar-refractivity contribution in [1.29, 1.82) is 0 Å². The van der Waals surface area contributed by atoms with Gasteiger partial charge in [0.25, 0.3) is 5.56 Å². The van der Waals surface area contributed by atoms with E-state index in [1.54, 1.807) is 9.25 Å². The van der Waals surface area contributed by atoms with Gasteiger partial charge >= 0.3 is 0 Å². The smallest absolute Gasteiger partial charge is 0.255 e. The molecule has 3 rings (SSSR count). The van der Waals surface area contributed by atoms with Crippen molar-refractivity contribution >= 4 is 11.6 Å². The van der Waals surface area contributed by atoms with Crippen LogP contribution in [0.1, 0.15) is 30.1 Å². The highest BCUT2D eigenvalue weighted by molar-refractivity contribution is 6.29. The van der Waals surface area contributed by atoms with E-state index in [0.29, 0.717) is 17.6 Å². The van der Waals surface area contributed by atoms with Crippen molar-refractivity contribution < 1.29 is 0 Å². The second-order valence-electron chi connectivity index (χ2n) is 4.97. The van der Waals surface area contributed by atoms with Crippen molar-refractivity contribution in [1.82, 2.24) is 19.3 Å². The predicted octanol–water partition coefficient (Wildman–Crippen LogP) is 1.75. The van der Waals surface area contributed by atoms with Gasteiger partial charge in [-0.1, -0.05) is 11.6 Å². The lowest BCUT2D eigenvalue weighted by atomic mass is 10.2. The fourth-order valence-electron chi connectivity index (χ4n) is 2.21. The Morgan fingerprint density at radius 3 is 2.89 bits per heavy atom. The maximum Gasteiger partial charge on any atom is 0.255 e. The molecule has 0 atom stereocenters. The van der Waals surface area contributed by atoms with E-state index in [1.807, 2.05) is 19.4 Å². The zero-order valence-corrected chi connectivity index (χ0v) is 11.5. The fraction of sp³-hybridized carbons (Fsp3) is 0.462. The molecule has 0 aliphatic heterocycles. The molecule has 0 amide bonds. The molecule has 0 N–H and O–H groups in total. The van der Waals surface area contributed by atoms with Crippen LogP contribution in [0.4, 0.5) is 0 Å². The molecule has 5 nitrogen and oxygen atoms in total. The number of hydrogen-bond donors (Lipinski definition) is 0. The van der Waals surface area contributed by atoms with Gasteiger partial charge < -0.3 is 0 Å². The lowest BCUT2D eigenvalue weighted by Gasteiger charge is -2.10. The van der Waals surface area contributed by atoms with Gasteiger partial charge in [0.2, 0.25) is 0 Å². The summed E-state index contributed by atoms with van der Waals surface area (Å²) < 4.78 is 3.51. The molecule has 1 saturated carbocycles. The van der Waals surface area contributed by atoms with E-state index in [-0.39, 0.29) is 5.56 Å². The second-order valence-corrected chi connectivity index (χ2v) is 5.36. The van der Waals surface area contributed by atoms with E-state index in [0.717, 1.165) is 30.7 Å². The van der Waals surface area contributed by atoms with Crippen LogP contribution in [0.3, 0.4) is 0 Å². The van der Waals surface area contributed by atoms with Crippen LogP contribution in [0.2, 0.25) is 5.15 Å². The fourth-order valence-corrected chi connectivity index (χ4v) is 2.39. The Hall–Kier alpha value is -1.62. The van der Waals surface area contributed by atoms with Gasteiger partial charge in [-0.05, 0) is 24.8 Å². The summed E-state index contributed by atoms with van der Waals surface area (Å²) in [6.45, 7) is 0.626. The molecule has 2 aromatic rings. The Labute approximate surface area is 115 Å². The standard InChI is InChI=1S/C13H15ClN4O/c1-17-8-9(7-15-17)4-5-18-12(19)6-11(14)16-13(18)10-2-3-10/h6-8,10H,2-5H2,1H3. The lowest BCUT2D eigenvalue weighted by molar-refractivity contribution is 0.609. The van der Waals surface area contributed by atoms with Crippen molar-refractivity contribution in [3.63, 3.8) is 0 Å². The largest absolute Gasteiger partial charge is 0.296 e. The van der Waals surface area contributed by atoms with E-state index in [2.05, 4.69) is 10.1 Å². The van der Waals surface area contributed by atoms with Gasteiger partial charge in [-0.2, -0.15) is 5.10 Å². The zero-order chi connectivity index (χ0) is 13.4. The molecule has 0 bridgehead atoms. The van der Waals surface area contributed by atoms with Crippen molar-refractivity contribution in [2.75, 3.05) is 0 Å². The molecular formula is C13H15ClN4O. The summed E-state index contributed by atoms with van der Waals surface area (Å²) in [5.41, 5.74) is 1.05. The van der Waals surface area contributed by atoms with Crippen molar-refractivity contribution in [2.24, 2.45) is 7.05 Å². The molecular weight excluding hydrogens is 264 g/mol. The molecule has 19 heavy (non-hydrogen) atoms. The number of nitrogens with zero attached hydrogens (tertiary/aromatic N) is 4. The molecule has 1 fully saturated rings. The first-order valence-corrected chi connectivity index (χ1v) is 6.76. The molecule has 0 radical (unpaired) electrons. The van der Waals surface area contributed by atoms with Crippen LogP contribution < -0.4 is 5.56 Å². The molecule has 100 valence electrons. The van der Waals surface area contributed by atoms with Crippen molar-refractivity contribution in [2.45, 2.75) is 31.7 Å². The minimum absolute atomic E-state index is 0.0641. The van der Waals surface area contributed by atoms with Gasteiger partial charge in [-0.3, -0.25) is 14.0 Å². The van der Waals surface area contributed by atoms with E-state index in [1.165, 1.54) is 6.07 Å². The molecule has 0 spiro atoms. The highest BCUT2D eigenvalue weighted by Crippen LogP contribution is 2.38. The Balaban J connectivity index is 1.85. The van der Waals surface area contributed by atoms with E-state index >= 15 is 0 Å². The summed E-state index contributed by atoms with van der Waals surface area (Å²) in [5.74, 6) is 1.24. The topological polar surface area (TPSA) is 52.7 Å². The third kappa shape index (κ3) is 2.71.